The Morgan fingerprint density at radius 1 is 1.26 bits per heavy atom. The average Bonchev–Trinajstić information content (AvgIpc) is 3.06. The van der Waals surface area contributed by atoms with Gasteiger partial charge in [0.15, 0.2) is 0 Å². The number of ether oxygens (including phenoxy) is 2. The van der Waals surface area contributed by atoms with Crippen LogP contribution in [0.1, 0.15) is 20.8 Å². The first-order valence-electron chi connectivity index (χ1n) is 6.97. The fraction of sp³-hybridized carbons (Fsp3) is 0.176. The van der Waals surface area contributed by atoms with Crippen LogP contribution in [-0.4, -0.2) is 25.7 Å². The van der Waals surface area contributed by atoms with E-state index in [0.717, 1.165) is 10.4 Å². The molecule has 0 saturated heterocycles. The first-order valence-corrected chi connectivity index (χ1v) is 7.85. The molecule has 0 spiro atoms. The second kappa shape index (κ2) is 8.75. The minimum atomic E-state index is -0.472. The maximum absolute atomic E-state index is 11.5. The summed E-state index contributed by atoms with van der Waals surface area (Å²) in [6.45, 7) is 0.586. The fourth-order valence-electron chi connectivity index (χ4n) is 1.76. The van der Waals surface area contributed by atoms with Gasteiger partial charge >= 0.3 is 12.1 Å². The van der Waals surface area contributed by atoms with Crippen molar-refractivity contribution >= 4 is 29.5 Å². The monoisotopic (exact) mass is 331 g/mol. The minimum Gasteiger partial charge on any atom is -0.465 e. The maximum atomic E-state index is 11.5. The molecule has 5 nitrogen and oxygen atoms in total. The molecule has 2 rings (SSSR count). The zero-order valence-corrected chi connectivity index (χ0v) is 13.5. The van der Waals surface area contributed by atoms with Crippen LogP contribution < -0.4 is 5.32 Å². The highest BCUT2D eigenvalue weighted by Gasteiger charge is 2.06. The van der Waals surface area contributed by atoms with Crippen LogP contribution in [0.3, 0.4) is 0 Å². The number of carbonyl (C=O) groups is 2. The molecule has 0 aliphatic rings. The van der Waals surface area contributed by atoms with Crippen molar-refractivity contribution in [3.8, 4) is 0 Å². The molecule has 6 heteroatoms. The van der Waals surface area contributed by atoms with Crippen molar-refractivity contribution in [2.75, 3.05) is 13.7 Å². The van der Waals surface area contributed by atoms with E-state index in [9.17, 15) is 9.59 Å². The average molecular weight is 331 g/mol. The Balaban J connectivity index is 1.70. The predicted octanol–water partition coefficient (Wildman–Crippen LogP) is 3.47. The quantitative estimate of drug-likeness (QED) is 0.823. The molecule has 0 unspecified atom stereocenters. The third kappa shape index (κ3) is 5.60. The van der Waals surface area contributed by atoms with Gasteiger partial charge in [-0.25, -0.2) is 9.59 Å². The first-order chi connectivity index (χ1) is 11.2. The van der Waals surface area contributed by atoms with E-state index in [1.807, 2.05) is 36.4 Å². The largest absolute Gasteiger partial charge is 0.465 e. The number of benzene rings is 1. The Hall–Kier alpha value is -2.60. The number of rotatable bonds is 6. The summed E-state index contributed by atoms with van der Waals surface area (Å²) in [7, 11) is 1.35. The van der Waals surface area contributed by atoms with Gasteiger partial charge in [-0.15, -0.1) is 11.3 Å². The van der Waals surface area contributed by atoms with Gasteiger partial charge in [-0.2, -0.15) is 0 Å². The lowest BCUT2D eigenvalue weighted by Crippen LogP contribution is -2.24. The van der Waals surface area contributed by atoms with Crippen molar-refractivity contribution in [1.29, 1.82) is 0 Å². The second-order valence-electron chi connectivity index (χ2n) is 4.57. The van der Waals surface area contributed by atoms with Gasteiger partial charge in [0, 0.05) is 16.8 Å². The van der Waals surface area contributed by atoms with E-state index in [0.29, 0.717) is 12.1 Å². The smallest absolute Gasteiger partial charge is 0.407 e. The first kappa shape index (κ1) is 16.8. The minimum absolute atomic E-state index is 0.240. The second-order valence-corrected chi connectivity index (χ2v) is 5.52. The molecular formula is C17H17NO4S. The van der Waals surface area contributed by atoms with Gasteiger partial charge in [-0.05, 0) is 17.7 Å². The fourth-order valence-corrected chi connectivity index (χ4v) is 2.55. The molecule has 1 aromatic carbocycles. The van der Waals surface area contributed by atoms with Crippen LogP contribution in [0, 0.1) is 0 Å². The number of methoxy groups -OCH3 is 1. The number of thiophene rings is 1. The van der Waals surface area contributed by atoms with Crippen molar-refractivity contribution in [3.05, 3.63) is 63.9 Å². The summed E-state index contributed by atoms with van der Waals surface area (Å²) in [5, 5.41) is 4.36. The van der Waals surface area contributed by atoms with E-state index in [4.69, 9.17) is 4.74 Å². The predicted molar refractivity (Wildman–Crippen MR) is 89.3 cm³/mol. The number of amides is 1. The van der Waals surface area contributed by atoms with E-state index in [1.54, 1.807) is 17.5 Å². The van der Waals surface area contributed by atoms with Gasteiger partial charge in [0.1, 0.15) is 6.61 Å². The molecule has 0 aliphatic heterocycles. The molecule has 1 aromatic heterocycles. The van der Waals surface area contributed by atoms with Crippen LogP contribution in [-0.2, 0) is 16.1 Å². The standard InChI is InChI=1S/C17H17NO4S/c1-21-16(19)14-10-15(23-12-14)8-5-9-18-17(20)22-11-13-6-3-2-4-7-13/h2-8,10,12H,9,11H2,1H3,(H,18,20). The summed E-state index contributed by atoms with van der Waals surface area (Å²) < 4.78 is 9.73. The highest BCUT2D eigenvalue weighted by molar-refractivity contribution is 7.11. The number of hydrogen-bond donors (Lipinski definition) is 1. The molecule has 23 heavy (non-hydrogen) atoms. The van der Waals surface area contributed by atoms with Crippen LogP contribution in [0.25, 0.3) is 6.08 Å². The molecule has 0 bridgehead atoms. The number of esters is 1. The van der Waals surface area contributed by atoms with Crippen LogP contribution in [0.2, 0.25) is 0 Å². The Morgan fingerprint density at radius 2 is 2.04 bits per heavy atom. The van der Waals surface area contributed by atoms with Crippen molar-refractivity contribution in [3.63, 3.8) is 0 Å². The maximum Gasteiger partial charge on any atom is 0.407 e. The number of carbonyl (C=O) groups excluding carboxylic acids is 2. The van der Waals surface area contributed by atoms with Gasteiger partial charge in [0.25, 0.3) is 0 Å². The van der Waals surface area contributed by atoms with Crippen LogP contribution >= 0.6 is 11.3 Å². The number of nitrogens with one attached hydrogen (secondary N) is 1. The Morgan fingerprint density at radius 3 is 2.78 bits per heavy atom. The highest BCUT2D eigenvalue weighted by Crippen LogP contribution is 2.16. The van der Waals surface area contributed by atoms with Crippen LogP contribution in [0.15, 0.2) is 47.9 Å². The van der Waals surface area contributed by atoms with Crippen molar-refractivity contribution < 1.29 is 19.1 Å². The normalized spacial score (nSPS) is 10.5. The van der Waals surface area contributed by atoms with Gasteiger partial charge in [0.2, 0.25) is 0 Å². The Labute approximate surface area is 138 Å². The van der Waals surface area contributed by atoms with Gasteiger partial charge in [0.05, 0.1) is 12.7 Å². The highest BCUT2D eigenvalue weighted by atomic mass is 32.1. The number of alkyl carbamates (subject to hydrolysis) is 1. The van der Waals surface area contributed by atoms with E-state index < -0.39 is 6.09 Å². The third-order valence-electron chi connectivity index (χ3n) is 2.90. The third-order valence-corrected chi connectivity index (χ3v) is 3.80. The molecule has 0 saturated carbocycles. The van der Waals surface area contributed by atoms with Crippen molar-refractivity contribution in [2.24, 2.45) is 0 Å². The SMILES string of the molecule is COC(=O)c1csc(C=CCNC(=O)OCc2ccccc2)c1. The summed E-state index contributed by atoms with van der Waals surface area (Å²) in [4.78, 5) is 23.8. The van der Waals surface area contributed by atoms with E-state index >= 15 is 0 Å². The van der Waals surface area contributed by atoms with E-state index in [2.05, 4.69) is 10.1 Å². The summed E-state index contributed by atoms with van der Waals surface area (Å²) in [6, 6.07) is 11.2. The van der Waals surface area contributed by atoms with Gasteiger partial charge in [-0.3, -0.25) is 0 Å². The van der Waals surface area contributed by atoms with Crippen molar-refractivity contribution in [1.82, 2.24) is 5.32 Å². The lowest BCUT2D eigenvalue weighted by molar-refractivity contribution is 0.0601. The van der Waals surface area contributed by atoms with Crippen LogP contribution in [0.4, 0.5) is 4.79 Å². The lowest BCUT2D eigenvalue weighted by atomic mass is 10.2. The summed E-state index contributed by atoms with van der Waals surface area (Å²) in [5.41, 5.74) is 1.46. The Bertz CT molecular complexity index is 679. The molecule has 0 fully saturated rings. The summed E-state index contributed by atoms with van der Waals surface area (Å²) >= 11 is 1.43. The molecule has 0 radical (unpaired) electrons. The van der Waals surface area contributed by atoms with E-state index in [-0.39, 0.29) is 12.6 Å². The topological polar surface area (TPSA) is 64.6 Å². The summed E-state index contributed by atoms with van der Waals surface area (Å²) in [6.07, 6.45) is 3.14. The molecule has 0 aliphatic carbocycles. The van der Waals surface area contributed by atoms with Crippen molar-refractivity contribution in [2.45, 2.75) is 6.61 Å². The summed E-state index contributed by atoms with van der Waals surface area (Å²) in [5.74, 6) is -0.358. The van der Waals surface area contributed by atoms with Gasteiger partial charge in [-0.1, -0.05) is 36.4 Å². The molecule has 1 amide bonds. The molecular weight excluding hydrogens is 314 g/mol. The zero-order valence-electron chi connectivity index (χ0n) is 12.7. The van der Waals surface area contributed by atoms with Gasteiger partial charge < -0.3 is 14.8 Å². The van der Waals surface area contributed by atoms with E-state index in [1.165, 1.54) is 18.4 Å². The molecule has 2 aromatic rings. The lowest BCUT2D eigenvalue weighted by Gasteiger charge is -2.05. The molecule has 1 heterocycles. The Kier molecular flexibility index (Phi) is 6.38. The molecule has 1 N–H and O–H groups in total. The molecule has 120 valence electrons. The molecule has 0 atom stereocenters. The number of hydrogen-bond acceptors (Lipinski definition) is 5. The van der Waals surface area contributed by atoms with Crippen LogP contribution in [0.5, 0.6) is 0 Å². The zero-order chi connectivity index (χ0) is 16.5.